The third-order valence-corrected chi connectivity index (χ3v) is 0.426. The molecule has 5 N–H and O–H groups in total. The minimum atomic E-state index is 0.626. The highest BCUT2D eigenvalue weighted by Crippen LogP contribution is 1.79. The predicted molar refractivity (Wildman–Crippen MR) is 27.2 cm³/mol. The normalized spacial score (nSPS) is 10.3. The van der Waals surface area contributed by atoms with Gasteiger partial charge in [0, 0.05) is 0 Å². The molecule has 44 valence electrons. The lowest BCUT2D eigenvalue weighted by molar-refractivity contribution is 0.256. The van der Waals surface area contributed by atoms with Crippen LogP contribution in [0.15, 0.2) is 0 Å². The summed E-state index contributed by atoms with van der Waals surface area (Å²) in [6, 6.07) is 0. The maximum absolute atomic E-state index is 5.01. The number of nitrogens with zero attached hydrogens (tertiary/aromatic N) is 2. The number of hydrazine groups is 3. The molecule has 0 amide bonds. The Morgan fingerprint density at radius 2 is 2.43 bits per heavy atom. The van der Waals surface area contributed by atoms with Gasteiger partial charge >= 0.3 is 0 Å². The Kier molecular flexibility index (Phi) is 3.86. The average molecular weight is 104 g/mol. The summed E-state index contributed by atoms with van der Waals surface area (Å²) in [7, 11) is 0. The van der Waals surface area contributed by atoms with Gasteiger partial charge in [0.2, 0.25) is 0 Å². The van der Waals surface area contributed by atoms with Crippen LogP contribution in [-0.2, 0) is 0 Å². The Hall–Kier alpha value is -0.200. The minimum Gasteiger partial charge on any atom is -0.564 e. The Morgan fingerprint density at radius 1 is 1.86 bits per heavy atom. The first-order valence-corrected chi connectivity index (χ1v) is 1.99. The average Bonchev–Trinajstić information content (AvgIpc) is 1.68. The lowest BCUT2D eigenvalue weighted by Crippen LogP contribution is -2.44. The summed E-state index contributed by atoms with van der Waals surface area (Å²) in [4.78, 5) is 0. The molecule has 0 heterocycles. The van der Waals surface area contributed by atoms with E-state index in [1.807, 2.05) is 6.92 Å². The van der Waals surface area contributed by atoms with Gasteiger partial charge in [-0.2, -0.15) is 5.53 Å². The molecule has 0 spiro atoms. The molecule has 0 rings (SSSR count). The van der Waals surface area contributed by atoms with Crippen LogP contribution in [0.5, 0.6) is 0 Å². The first-order valence-electron chi connectivity index (χ1n) is 1.99. The van der Waals surface area contributed by atoms with E-state index in [9.17, 15) is 0 Å². The fraction of sp³-hybridized carbons (Fsp3) is 1.00. The molecular formula is C2H10N5-. The molecule has 0 bridgehead atoms. The fourth-order valence-electron chi connectivity index (χ4n) is 0.193. The van der Waals surface area contributed by atoms with Gasteiger partial charge in [0.1, 0.15) is 0 Å². The van der Waals surface area contributed by atoms with E-state index in [2.05, 4.69) is 11.0 Å². The summed E-state index contributed by atoms with van der Waals surface area (Å²) in [5, 5.41) is 0.958. The van der Waals surface area contributed by atoms with Crippen molar-refractivity contribution in [3.8, 4) is 0 Å². The first-order chi connectivity index (χ1) is 3.31. The van der Waals surface area contributed by atoms with E-state index < -0.39 is 0 Å². The number of hydrogen-bond donors (Lipinski definition) is 3. The molecular weight excluding hydrogens is 94.1 g/mol. The molecule has 0 aliphatic carbocycles. The van der Waals surface area contributed by atoms with Gasteiger partial charge in [-0.3, -0.25) is 16.9 Å². The Morgan fingerprint density at radius 3 is 2.57 bits per heavy atom. The van der Waals surface area contributed by atoms with Gasteiger partial charge < -0.3 is 5.43 Å². The summed E-state index contributed by atoms with van der Waals surface area (Å²) < 4.78 is 0. The van der Waals surface area contributed by atoms with E-state index in [0.717, 1.165) is 5.23 Å². The van der Waals surface area contributed by atoms with E-state index in [0.29, 0.717) is 6.54 Å². The minimum absolute atomic E-state index is 0.626. The van der Waals surface area contributed by atoms with Gasteiger partial charge in [-0.1, -0.05) is 6.92 Å². The van der Waals surface area contributed by atoms with Crippen molar-refractivity contribution in [1.82, 2.24) is 10.8 Å². The van der Waals surface area contributed by atoms with Gasteiger partial charge in [-0.05, 0) is 0 Å². The van der Waals surface area contributed by atoms with Crippen molar-refractivity contribution in [2.24, 2.45) is 11.7 Å². The molecule has 0 saturated heterocycles. The summed E-state index contributed by atoms with van der Waals surface area (Å²) in [6.07, 6.45) is 0. The highest BCUT2D eigenvalue weighted by atomic mass is 15.9. The van der Waals surface area contributed by atoms with Gasteiger partial charge in [-0.15, -0.1) is 6.54 Å². The molecule has 5 nitrogen and oxygen atoms in total. The highest BCUT2D eigenvalue weighted by Gasteiger charge is 1.68. The van der Waals surface area contributed by atoms with Crippen LogP contribution in [0.2, 0.25) is 0 Å². The lowest BCUT2D eigenvalue weighted by atomic mass is 10.8. The molecule has 0 radical (unpaired) electrons. The Balaban J connectivity index is 2.83. The van der Waals surface area contributed by atoms with Crippen molar-refractivity contribution >= 4 is 0 Å². The van der Waals surface area contributed by atoms with Gasteiger partial charge in [0.05, 0.1) is 0 Å². The topological polar surface area (TPSA) is 81.4 Å². The quantitative estimate of drug-likeness (QED) is 0.312. The van der Waals surface area contributed by atoms with Crippen LogP contribution in [0.4, 0.5) is 0 Å². The molecule has 0 atom stereocenters. The van der Waals surface area contributed by atoms with E-state index in [1.54, 1.807) is 0 Å². The molecule has 0 unspecified atom stereocenters. The molecule has 7 heavy (non-hydrogen) atoms. The predicted octanol–water partition coefficient (Wildman–Crippen LogP) is -1.15. The van der Waals surface area contributed by atoms with Crippen LogP contribution in [-0.4, -0.2) is 11.8 Å². The molecule has 0 saturated carbocycles. The standard InChI is InChI=1S/C2H10N5/c1-2-5-7(4)6-3/h6H,2-4H2,1H3/q-1. The van der Waals surface area contributed by atoms with Crippen molar-refractivity contribution in [1.29, 1.82) is 0 Å². The highest BCUT2D eigenvalue weighted by molar-refractivity contribution is 4.62. The zero-order valence-electron chi connectivity index (χ0n) is 4.26. The second-order valence-corrected chi connectivity index (χ2v) is 0.931. The third kappa shape index (κ3) is 3.64. The van der Waals surface area contributed by atoms with Crippen molar-refractivity contribution in [3.05, 3.63) is 5.43 Å². The van der Waals surface area contributed by atoms with Crippen LogP contribution in [0.3, 0.4) is 0 Å². The van der Waals surface area contributed by atoms with Crippen molar-refractivity contribution in [2.45, 2.75) is 6.92 Å². The number of nitrogens with one attached hydrogen (secondary N) is 1. The maximum atomic E-state index is 5.01. The summed E-state index contributed by atoms with van der Waals surface area (Å²) in [6.45, 7) is 2.48. The zero-order chi connectivity index (χ0) is 5.70. The first kappa shape index (κ1) is 6.80. The summed E-state index contributed by atoms with van der Waals surface area (Å²) in [5.41, 5.74) is 5.73. The van der Waals surface area contributed by atoms with Crippen LogP contribution in [0.1, 0.15) is 6.92 Å². The van der Waals surface area contributed by atoms with Gasteiger partial charge in [0.25, 0.3) is 0 Å². The Labute approximate surface area is 42.5 Å². The van der Waals surface area contributed by atoms with E-state index in [4.69, 9.17) is 11.7 Å². The van der Waals surface area contributed by atoms with E-state index in [1.165, 1.54) is 0 Å². The molecule has 0 aliphatic rings. The zero-order valence-corrected chi connectivity index (χ0v) is 4.26. The van der Waals surface area contributed by atoms with Crippen molar-refractivity contribution < 1.29 is 0 Å². The molecule has 0 aromatic rings. The second-order valence-electron chi connectivity index (χ2n) is 0.931. The van der Waals surface area contributed by atoms with E-state index in [-0.39, 0.29) is 0 Å². The summed E-state index contributed by atoms with van der Waals surface area (Å²) >= 11 is 0. The second kappa shape index (κ2) is 3.97. The Bertz CT molecular complexity index is 37.1. The molecule has 5 heteroatoms. The van der Waals surface area contributed by atoms with E-state index >= 15 is 0 Å². The SMILES string of the molecule is CC[N-]N(N)NN. The van der Waals surface area contributed by atoms with Crippen LogP contribution in [0.25, 0.3) is 5.43 Å². The fourth-order valence-corrected chi connectivity index (χ4v) is 0.193. The maximum Gasteiger partial charge on any atom is -0.0835 e. The van der Waals surface area contributed by atoms with Crippen LogP contribution in [0, 0.1) is 0 Å². The largest absolute Gasteiger partial charge is 0.564 e. The molecule has 0 fully saturated rings. The number of hydrogen-bond acceptors (Lipinski definition) is 4. The summed E-state index contributed by atoms with van der Waals surface area (Å²) in [5.74, 6) is 9.83. The number of nitrogens with two attached hydrogens (primary N) is 2. The number of rotatable bonds is 3. The van der Waals surface area contributed by atoms with Gasteiger partial charge in [0.15, 0.2) is 0 Å². The van der Waals surface area contributed by atoms with Gasteiger partial charge in [-0.25, -0.2) is 0 Å². The molecule has 0 aliphatic heterocycles. The van der Waals surface area contributed by atoms with Crippen LogP contribution >= 0.6 is 0 Å². The van der Waals surface area contributed by atoms with Crippen molar-refractivity contribution in [2.75, 3.05) is 6.54 Å². The lowest BCUT2D eigenvalue weighted by Gasteiger charge is -2.28. The van der Waals surface area contributed by atoms with Crippen molar-refractivity contribution in [3.63, 3.8) is 0 Å². The van der Waals surface area contributed by atoms with Crippen LogP contribution < -0.4 is 17.2 Å². The molecule has 0 aromatic heterocycles. The third-order valence-electron chi connectivity index (χ3n) is 0.426. The molecule has 0 aromatic carbocycles. The smallest absolute Gasteiger partial charge is 0.0835 e. The monoisotopic (exact) mass is 104 g/mol.